The van der Waals surface area contributed by atoms with Crippen LogP contribution in [0.4, 0.5) is 50.0 Å². The van der Waals surface area contributed by atoms with Crippen molar-refractivity contribution >= 4 is 17.7 Å². The van der Waals surface area contributed by atoms with Gasteiger partial charge in [-0.05, 0) is 74.2 Å². The van der Waals surface area contributed by atoms with Crippen LogP contribution in [0.1, 0.15) is 67.5 Å². The first-order chi connectivity index (χ1) is 18.3. The van der Waals surface area contributed by atoms with E-state index in [1.807, 2.05) is 0 Å². The minimum absolute atomic E-state index is 0.0282. The summed E-state index contributed by atoms with van der Waals surface area (Å²) in [4.78, 5) is 26.9. The SMILES string of the molecule is CC[C@@H]1C[C@H](NC(=O)Cc2cc(C(F)(F)F)cc(C(F)(F)F)c2)c2cc(C(F)(F)F)ccc2N1C(=O)OC(C)C. The minimum Gasteiger partial charge on any atom is -0.446 e. The van der Waals surface area contributed by atoms with E-state index < -0.39 is 77.4 Å². The zero-order chi connectivity index (χ0) is 30.2. The van der Waals surface area contributed by atoms with Gasteiger partial charge in [-0.1, -0.05) is 6.92 Å². The molecular formula is C26H25F9N2O3. The second-order valence-electron chi connectivity index (χ2n) is 9.58. The number of carbonyl (C=O) groups is 2. The van der Waals surface area contributed by atoms with Gasteiger partial charge in [0.25, 0.3) is 0 Å². The first-order valence-corrected chi connectivity index (χ1v) is 12.1. The monoisotopic (exact) mass is 584 g/mol. The van der Waals surface area contributed by atoms with E-state index in [1.54, 1.807) is 20.8 Å². The number of rotatable bonds is 5. The van der Waals surface area contributed by atoms with Crippen LogP contribution in [0, 0.1) is 0 Å². The molecule has 220 valence electrons. The molecule has 2 amide bonds. The molecular weight excluding hydrogens is 559 g/mol. The number of benzene rings is 2. The number of ether oxygens (including phenoxy) is 1. The van der Waals surface area contributed by atoms with E-state index >= 15 is 0 Å². The summed E-state index contributed by atoms with van der Waals surface area (Å²) >= 11 is 0. The molecule has 40 heavy (non-hydrogen) atoms. The zero-order valence-electron chi connectivity index (χ0n) is 21.4. The summed E-state index contributed by atoms with van der Waals surface area (Å²) in [6, 6.07) is 1.52. The molecule has 0 aliphatic carbocycles. The van der Waals surface area contributed by atoms with Gasteiger partial charge in [0.2, 0.25) is 5.91 Å². The van der Waals surface area contributed by atoms with Gasteiger partial charge < -0.3 is 10.1 Å². The molecule has 1 N–H and O–H groups in total. The molecule has 2 aromatic rings. The number of carbonyl (C=O) groups excluding carboxylic acids is 2. The van der Waals surface area contributed by atoms with Gasteiger partial charge >= 0.3 is 24.6 Å². The smallest absolute Gasteiger partial charge is 0.416 e. The lowest BCUT2D eigenvalue weighted by Gasteiger charge is -2.40. The molecule has 1 aliphatic heterocycles. The Morgan fingerprint density at radius 3 is 1.93 bits per heavy atom. The number of alkyl halides is 9. The highest BCUT2D eigenvalue weighted by Gasteiger charge is 2.40. The lowest BCUT2D eigenvalue weighted by Crippen LogP contribution is -2.48. The van der Waals surface area contributed by atoms with Crippen molar-refractivity contribution in [3.63, 3.8) is 0 Å². The number of anilines is 1. The van der Waals surface area contributed by atoms with Crippen molar-refractivity contribution in [2.75, 3.05) is 4.90 Å². The number of halogens is 9. The molecule has 2 atom stereocenters. The molecule has 0 spiro atoms. The molecule has 0 fully saturated rings. The van der Waals surface area contributed by atoms with E-state index in [0.717, 1.165) is 18.2 Å². The van der Waals surface area contributed by atoms with Crippen LogP contribution >= 0.6 is 0 Å². The van der Waals surface area contributed by atoms with Crippen LogP contribution in [0.5, 0.6) is 0 Å². The number of hydrogen-bond acceptors (Lipinski definition) is 3. The van der Waals surface area contributed by atoms with E-state index in [-0.39, 0.29) is 23.7 Å². The average molecular weight is 584 g/mol. The molecule has 0 radical (unpaired) electrons. The lowest BCUT2D eigenvalue weighted by molar-refractivity contribution is -0.143. The van der Waals surface area contributed by atoms with Gasteiger partial charge in [-0.3, -0.25) is 9.69 Å². The van der Waals surface area contributed by atoms with Gasteiger partial charge in [-0.2, -0.15) is 39.5 Å². The summed E-state index contributed by atoms with van der Waals surface area (Å²) in [7, 11) is 0. The first-order valence-electron chi connectivity index (χ1n) is 12.1. The Morgan fingerprint density at radius 2 is 1.45 bits per heavy atom. The second kappa shape index (κ2) is 11.2. The fourth-order valence-corrected chi connectivity index (χ4v) is 4.47. The zero-order valence-corrected chi connectivity index (χ0v) is 21.4. The highest BCUT2D eigenvalue weighted by atomic mass is 19.4. The molecule has 1 aliphatic rings. The van der Waals surface area contributed by atoms with Crippen molar-refractivity contribution in [3.8, 4) is 0 Å². The van der Waals surface area contributed by atoms with Crippen LogP contribution in [0.2, 0.25) is 0 Å². The van der Waals surface area contributed by atoms with Gasteiger partial charge in [-0.15, -0.1) is 0 Å². The van der Waals surface area contributed by atoms with Crippen LogP contribution in [0.3, 0.4) is 0 Å². The van der Waals surface area contributed by atoms with Crippen LogP contribution in [-0.4, -0.2) is 24.1 Å². The molecule has 0 unspecified atom stereocenters. The minimum atomic E-state index is -5.12. The Bertz CT molecular complexity index is 1220. The topological polar surface area (TPSA) is 58.6 Å². The number of nitrogens with zero attached hydrogens (tertiary/aromatic N) is 1. The van der Waals surface area contributed by atoms with Crippen LogP contribution in [0.25, 0.3) is 0 Å². The number of nitrogens with one attached hydrogen (secondary N) is 1. The van der Waals surface area contributed by atoms with Gasteiger partial charge in [0.05, 0.1) is 40.9 Å². The van der Waals surface area contributed by atoms with Gasteiger partial charge in [0.1, 0.15) is 0 Å². The quantitative estimate of drug-likeness (QED) is 0.367. The lowest BCUT2D eigenvalue weighted by atomic mass is 9.88. The summed E-state index contributed by atoms with van der Waals surface area (Å²) in [5.41, 5.74) is -4.95. The summed E-state index contributed by atoms with van der Waals surface area (Å²) in [6.45, 7) is 4.85. The maximum absolute atomic E-state index is 13.5. The highest BCUT2D eigenvalue weighted by molar-refractivity contribution is 5.91. The van der Waals surface area contributed by atoms with E-state index in [2.05, 4.69) is 5.32 Å². The van der Waals surface area contributed by atoms with Crippen LogP contribution < -0.4 is 10.2 Å². The van der Waals surface area contributed by atoms with Gasteiger partial charge in [0.15, 0.2) is 0 Å². The van der Waals surface area contributed by atoms with Crippen molar-refractivity contribution in [1.82, 2.24) is 5.32 Å². The van der Waals surface area contributed by atoms with Crippen molar-refractivity contribution in [2.24, 2.45) is 0 Å². The fraction of sp³-hybridized carbons (Fsp3) is 0.462. The van der Waals surface area contributed by atoms with Crippen molar-refractivity contribution in [1.29, 1.82) is 0 Å². The molecule has 0 saturated heterocycles. The fourth-order valence-electron chi connectivity index (χ4n) is 4.47. The summed E-state index contributed by atoms with van der Waals surface area (Å²) < 4.78 is 125. The Balaban J connectivity index is 1.99. The number of fused-ring (bicyclic) bond motifs is 1. The molecule has 14 heteroatoms. The third kappa shape index (κ3) is 7.19. The maximum Gasteiger partial charge on any atom is 0.416 e. The summed E-state index contributed by atoms with van der Waals surface area (Å²) in [6.07, 6.45) is -17.1. The van der Waals surface area contributed by atoms with E-state index in [1.165, 1.54) is 4.90 Å². The van der Waals surface area contributed by atoms with E-state index in [0.29, 0.717) is 18.6 Å². The van der Waals surface area contributed by atoms with E-state index in [9.17, 15) is 49.1 Å². The second-order valence-corrected chi connectivity index (χ2v) is 9.58. The Morgan fingerprint density at radius 1 is 0.900 bits per heavy atom. The predicted octanol–water partition coefficient (Wildman–Crippen LogP) is 7.68. The molecule has 0 aromatic heterocycles. The standard InChI is InChI=1S/C26H25F9N2O3/c1-4-18-12-20(19-11-15(24(27,28)29)5-6-21(19)37(18)23(39)40-13(2)3)36-22(38)9-14-7-16(25(30,31)32)10-17(8-14)26(33,34)35/h5-8,10-11,13,18,20H,4,9,12H2,1-3H3,(H,36,38)/t18-,20+/m1/s1. The molecule has 2 aromatic carbocycles. The van der Waals surface area contributed by atoms with Crippen molar-refractivity contribution in [3.05, 3.63) is 64.2 Å². The third-order valence-electron chi connectivity index (χ3n) is 6.21. The first kappa shape index (κ1) is 31.1. The maximum atomic E-state index is 13.5. The number of amides is 2. The largest absolute Gasteiger partial charge is 0.446 e. The molecule has 3 rings (SSSR count). The Hall–Kier alpha value is -3.45. The Kier molecular flexibility index (Phi) is 8.70. The number of hydrogen-bond donors (Lipinski definition) is 1. The van der Waals surface area contributed by atoms with Crippen LogP contribution in [-0.2, 0) is 34.5 Å². The average Bonchev–Trinajstić information content (AvgIpc) is 2.80. The van der Waals surface area contributed by atoms with Crippen molar-refractivity contribution in [2.45, 2.75) is 76.8 Å². The predicted molar refractivity (Wildman–Crippen MR) is 125 cm³/mol. The summed E-state index contributed by atoms with van der Waals surface area (Å²) in [5, 5.41) is 2.44. The van der Waals surface area contributed by atoms with E-state index in [4.69, 9.17) is 4.74 Å². The highest BCUT2D eigenvalue weighted by Crippen LogP contribution is 2.42. The van der Waals surface area contributed by atoms with Gasteiger partial charge in [-0.25, -0.2) is 4.79 Å². The molecule has 5 nitrogen and oxygen atoms in total. The molecule has 1 heterocycles. The Labute approximate surface area is 223 Å². The third-order valence-corrected chi connectivity index (χ3v) is 6.21. The summed E-state index contributed by atoms with van der Waals surface area (Å²) in [5.74, 6) is -1.02. The molecule has 0 bridgehead atoms. The van der Waals surface area contributed by atoms with Crippen LogP contribution in [0.15, 0.2) is 36.4 Å². The molecule has 0 saturated carbocycles. The van der Waals surface area contributed by atoms with Gasteiger partial charge in [0, 0.05) is 6.04 Å². The van der Waals surface area contributed by atoms with Crippen molar-refractivity contribution < 1.29 is 53.8 Å². The normalized spacial score (nSPS) is 18.0.